The van der Waals surface area contributed by atoms with Gasteiger partial charge < -0.3 is 31.7 Å². The van der Waals surface area contributed by atoms with Crippen LogP contribution in [0.1, 0.15) is 233 Å². The first kappa shape index (κ1) is 65.4. The Morgan fingerprint density at radius 1 is 0.483 bits per heavy atom. The van der Waals surface area contributed by atoms with Crippen LogP contribution in [0.15, 0.2) is 102 Å². The summed E-state index contributed by atoms with van der Waals surface area (Å²) in [5.74, 6) is 5.42. The van der Waals surface area contributed by atoms with Crippen LogP contribution in [0.25, 0.3) is 57.9 Å². The Hall–Kier alpha value is -8.06. The molecular weight excluding hydrogens is 1120 g/mol. The Kier molecular flexibility index (Phi) is 22.4. The molecule has 89 heavy (non-hydrogen) atoms. The number of carbonyl (C=O) groups is 1. The molecule has 0 bridgehead atoms. The minimum atomic E-state index is -0.104. The van der Waals surface area contributed by atoms with Crippen LogP contribution >= 0.6 is 0 Å². The molecule has 2 fully saturated rings. The van der Waals surface area contributed by atoms with Gasteiger partial charge in [0.15, 0.2) is 22.8 Å². The first-order chi connectivity index (χ1) is 42.8. The maximum atomic E-state index is 13.3. The van der Waals surface area contributed by atoms with Crippen LogP contribution in [0.5, 0.6) is 0 Å². The fraction of sp³-hybridized carbons (Fsp3) is 0.514. The number of nitrogens with zero attached hydrogens (tertiary/aromatic N) is 12. The molecule has 9 aromatic rings. The van der Waals surface area contributed by atoms with E-state index >= 15 is 0 Å². The van der Waals surface area contributed by atoms with Gasteiger partial charge in [-0.2, -0.15) is 0 Å². The predicted octanol–water partition coefficient (Wildman–Crippen LogP) is 16.7. The van der Waals surface area contributed by atoms with Crippen molar-refractivity contribution in [2.75, 3.05) is 13.1 Å². The van der Waals surface area contributed by atoms with Crippen LogP contribution in [0.4, 0.5) is 0 Å². The average Bonchev–Trinajstić information content (AvgIpc) is 2.80. The van der Waals surface area contributed by atoms with Crippen molar-refractivity contribution in [3.05, 3.63) is 136 Å². The molecule has 472 valence electrons. The average molecular weight is 1210 g/mol. The molecule has 1 saturated heterocycles. The van der Waals surface area contributed by atoms with Gasteiger partial charge in [0.2, 0.25) is 29.5 Å². The number of piperidine rings is 1. The standard InChI is InChI=1S/C27H34N4O3.C23H30N4O2.C20H26N4O2/c1-18(2)13-21-14-23(29-30-25(21)26-28-24(17-34-26)19(3)4)27(32)31-12-8-11-22(15-31)33-16-20-9-6-5-7-10-20;1-14(2)19-12-28-22(24-19)18-11-17(10-16-8-6-5-7-9-16)21(27-26-18)23-25-20(13-29-23)15(3)4;1-11(2)7-14-8-15(19-21-16(9-25-19)12(3)4)23-24-18(14)20-22-17(10-26-20)13(5)6/h5-7,9-10,14,17-19,22H,8,11-13,15-16H2,1-4H3;11-16H,5-10H2,1-4H3;8-13H,7H2,1-6H3/t22-;;/m1../s1. The van der Waals surface area contributed by atoms with E-state index in [4.69, 9.17) is 26.8 Å². The Balaban J connectivity index is 0.000000160. The maximum absolute atomic E-state index is 13.3. The smallest absolute Gasteiger partial charge is 0.274 e. The van der Waals surface area contributed by atoms with Crippen molar-refractivity contribution in [2.24, 2.45) is 17.8 Å². The fourth-order valence-electron chi connectivity index (χ4n) is 10.7. The lowest BCUT2D eigenvalue weighted by Gasteiger charge is -2.32. The third-order valence-electron chi connectivity index (χ3n) is 15.9. The van der Waals surface area contributed by atoms with Crippen molar-refractivity contribution in [2.45, 2.75) is 203 Å². The van der Waals surface area contributed by atoms with Gasteiger partial charge in [-0.25, -0.2) is 24.9 Å². The van der Waals surface area contributed by atoms with Gasteiger partial charge >= 0.3 is 0 Å². The van der Waals surface area contributed by atoms with Gasteiger partial charge in [-0.05, 0) is 120 Å². The molecule has 1 saturated carbocycles. The predicted molar refractivity (Wildman–Crippen MR) is 342 cm³/mol. The zero-order valence-corrected chi connectivity index (χ0v) is 54.6. The number of hydrogen-bond donors (Lipinski definition) is 0. The number of benzene rings is 1. The van der Waals surface area contributed by atoms with E-state index in [1.165, 1.54) is 32.1 Å². The molecule has 0 spiro atoms. The van der Waals surface area contributed by atoms with Gasteiger partial charge in [0.05, 0.1) is 41.2 Å². The van der Waals surface area contributed by atoms with Gasteiger partial charge in [-0.1, -0.05) is 159 Å². The van der Waals surface area contributed by atoms with Crippen molar-refractivity contribution in [3.63, 3.8) is 0 Å². The summed E-state index contributed by atoms with van der Waals surface area (Å²) in [7, 11) is 0. The summed E-state index contributed by atoms with van der Waals surface area (Å²) >= 11 is 0. The molecule has 19 nitrogen and oxygen atoms in total. The van der Waals surface area contributed by atoms with Crippen LogP contribution in [0, 0.1) is 17.8 Å². The molecule has 1 atom stereocenters. The van der Waals surface area contributed by atoms with E-state index in [1.807, 2.05) is 35.2 Å². The van der Waals surface area contributed by atoms with Gasteiger partial charge in [-0.3, -0.25) is 4.79 Å². The molecule has 19 heteroatoms. The van der Waals surface area contributed by atoms with E-state index in [9.17, 15) is 4.79 Å². The number of oxazole rings is 5. The molecule has 9 heterocycles. The molecule has 8 aromatic heterocycles. The summed E-state index contributed by atoms with van der Waals surface area (Å²) < 4.78 is 34.5. The highest BCUT2D eigenvalue weighted by Gasteiger charge is 2.29. The monoisotopic (exact) mass is 1210 g/mol. The highest BCUT2D eigenvalue weighted by Crippen LogP contribution is 2.34. The van der Waals surface area contributed by atoms with Crippen molar-refractivity contribution < 1.29 is 31.6 Å². The molecule has 2 aliphatic rings. The third-order valence-corrected chi connectivity index (χ3v) is 15.9. The number of likely N-dealkylation sites (tertiary alicyclic amines) is 1. The molecule has 1 aliphatic carbocycles. The quantitative estimate of drug-likeness (QED) is 0.0689. The van der Waals surface area contributed by atoms with Crippen LogP contribution < -0.4 is 0 Å². The Bertz CT molecular complexity index is 3680. The summed E-state index contributed by atoms with van der Waals surface area (Å²) in [5, 5.41) is 26.3. The number of amides is 1. The molecule has 1 aliphatic heterocycles. The third kappa shape index (κ3) is 17.4. The van der Waals surface area contributed by atoms with E-state index in [-0.39, 0.29) is 17.9 Å². The Morgan fingerprint density at radius 3 is 1.35 bits per heavy atom. The zero-order valence-electron chi connectivity index (χ0n) is 54.6. The van der Waals surface area contributed by atoms with Gasteiger partial charge in [0.25, 0.3) is 5.91 Å². The van der Waals surface area contributed by atoms with E-state index in [2.05, 4.69) is 171 Å². The largest absolute Gasteiger partial charge is 0.443 e. The molecule has 1 aromatic carbocycles. The highest BCUT2D eigenvalue weighted by atomic mass is 16.5. The van der Waals surface area contributed by atoms with E-state index < -0.39 is 0 Å². The number of aromatic nitrogens is 11. The minimum Gasteiger partial charge on any atom is -0.443 e. The Morgan fingerprint density at radius 2 is 0.899 bits per heavy atom. The molecule has 0 unspecified atom stereocenters. The maximum Gasteiger partial charge on any atom is 0.274 e. The first-order valence-electron chi connectivity index (χ1n) is 32.1. The van der Waals surface area contributed by atoms with E-state index in [1.54, 1.807) is 31.3 Å². The van der Waals surface area contributed by atoms with Crippen molar-refractivity contribution in [1.29, 1.82) is 0 Å². The number of rotatable bonds is 20. The van der Waals surface area contributed by atoms with Gasteiger partial charge in [0.1, 0.15) is 42.7 Å². The summed E-state index contributed by atoms with van der Waals surface area (Å²) in [4.78, 5) is 38.1. The second kappa shape index (κ2) is 30.4. The minimum absolute atomic E-state index is 0.0158. The molecule has 1 amide bonds. The lowest BCUT2D eigenvalue weighted by Crippen LogP contribution is -2.43. The first-order valence-corrected chi connectivity index (χ1v) is 32.1. The normalized spacial score (nSPS) is 14.8. The fourth-order valence-corrected chi connectivity index (χ4v) is 10.7. The summed E-state index contributed by atoms with van der Waals surface area (Å²) in [5.41, 5.74) is 12.5. The number of hydrogen-bond acceptors (Lipinski definition) is 18. The summed E-state index contributed by atoms with van der Waals surface area (Å²) in [6.45, 7) is 31.3. The SMILES string of the molecule is CC(C)Cc1cc(-c2nc(C(C)C)co2)nnc1-c1nc(C(C)C)co1.CC(C)Cc1cc(C(=O)N2CCC[C@@H](OCc3ccccc3)C2)nnc1-c1nc(C(C)C)co1.CC(C)c1coc(-c2cc(CC3CCCCC3)c(-c3nc(C(C)C)co3)nn2)n1. The Labute approximate surface area is 524 Å². The molecular formula is C70H90N12O7. The zero-order chi connectivity index (χ0) is 63.3. The number of ether oxygens (including phenoxy) is 1. The molecule has 11 rings (SSSR count). The highest BCUT2D eigenvalue weighted by molar-refractivity contribution is 5.92. The second-order valence-electron chi connectivity index (χ2n) is 26.2. The van der Waals surface area contributed by atoms with Gasteiger partial charge in [0, 0.05) is 13.1 Å². The van der Waals surface area contributed by atoms with Crippen LogP contribution in [-0.4, -0.2) is 85.5 Å². The molecule has 0 radical (unpaired) electrons. The van der Waals surface area contributed by atoms with Crippen molar-refractivity contribution in [1.82, 2.24) is 60.4 Å². The lowest BCUT2D eigenvalue weighted by molar-refractivity contribution is -0.00692. The van der Waals surface area contributed by atoms with E-state index in [0.29, 0.717) is 119 Å². The molecule has 0 N–H and O–H groups in total. The summed E-state index contributed by atoms with van der Waals surface area (Å²) in [6, 6.07) is 16.0. The van der Waals surface area contributed by atoms with Gasteiger partial charge in [-0.15, -0.1) is 30.6 Å². The van der Waals surface area contributed by atoms with Crippen LogP contribution in [0.2, 0.25) is 0 Å². The number of carbonyl (C=O) groups excluding carboxylic acids is 1. The van der Waals surface area contributed by atoms with E-state index in [0.717, 1.165) is 88.5 Å². The topological polar surface area (TPSA) is 237 Å². The van der Waals surface area contributed by atoms with Crippen LogP contribution in [-0.2, 0) is 30.6 Å². The lowest BCUT2D eigenvalue weighted by atomic mass is 9.84. The van der Waals surface area contributed by atoms with Crippen LogP contribution in [0.3, 0.4) is 0 Å². The summed E-state index contributed by atoms with van der Waals surface area (Å²) in [6.07, 6.45) is 19.4. The van der Waals surface area contributed by atoms with Crippen molar-refractivity contribution >= 4 is 5.91 Å². The van der Waals surface area contributed by atoms with Crippen molar-refractivity contribution in [3.8, 4) is 57.9 Å². The second-order valence-corrected chi connectivity index (χ2v) is 26.2.